The molecule has 2 aromatic carbocycles. The Morgan fingerprint density at radius 3 is 2.38 bits per heavy atom. The zero-order valence-electron chi connectivity index (χ0n) is 12.3. The molecular formula is C17H17N3O. The van der Waals surface area contributed by atoms with Crippen molar-refractivity contribution in [3.8, 4) is 11.6 Å². The van der Waals surface area contributed by atoms with Crippen LogP contribution in [0.3, 0.4) is 0 Å². The Bertz CT molecular complexity index is 779. The molecule has 0 aliphatic carbocycles. The molecule has 4 heteroatoms. The molecule has 3 aromatic rings. The van der Waals surface area contributed by atoms with E-state index < -0.39 is 0 Å². The van der Waals surface area contributed by atoms with Gasteiger partial charge in [0.2, 0.25) is 11.8 Å². The van der Waals surface area contributed by atoms with Crippen LogP contribution >= 0.6 is 0 Å². The molecule has 21 heavy (non-hydrogen) atoms. The SMILES string of the molecule is CNc1nc(Oc2cc(C)cc(C)c2)c2ccccc2n1. The van der Waals surface area contributed by atoms with Crippen LogP contribution in [-0.2, 0) is 0 Å². The molecule has 1 heterocycles. The molecule has 0 unspecified atom stereocenters. The number of ether oxygens (including phenoxy) is 1. The first-order valence-corrected chi connectivity index (χ1v) is 6.86. The van der Waals surface area contributed by atoms with Gasteiger partial charge in [0.15, 0.2) is 0 Å². The molecule has 0 radical (unpaired) electrons. The molecule has 4 nitrogen and oxygen atoms in total. The molecule has 1 N–H and O–H groups in total. The predicted octanol–water partition coefficient (Wildman–Crippen LogP) is 4.08. The smallest absolute Gasteiger partial charge is 0.231 e. The summed E-state index contributed by atoms with van der Waals surface area (Å²) in [5.41, 5.74) is 3.19. The second-order valence-electron chi connectivity index (χ2n) is 5.04. The van der Waals surface area contributed by atoms with Crippen LogP contribution < -0.4 is 10.1 Å². The molecule has 0 aliphatic rings. The molecule has 3 rings (SSSR count). The van der Waals surface area contributed by atoms with Crippen LogP contribution in [0.15, 0.2) is 42.5 Å². The Kier molecular flexibility index (Phi) is 3.44. The van der Waals surface area contributed by atoms with E-state index in [9.17, 15) is 0 Å². The minimum atomic E-state index is 0.549. The number of benzene rings is 2. The molecule has 0 fully saturated rings. The fraction of sp³-hybridized carbons (Fsp3) is 0.176. The number of fused-ring (bicyclic) bond motifs is 1. The van der Waals surface area contributed by atoms with E-state index in [0.717, 1.165) is 27.8 Å². The zero-order chi connectivity index (χ0) is 14.8. The Morgan fingerprint density at radius 1 is 0.952 bits per heavy atom. The van der Waals surface area contributed by atoms with Gasteiger partial charge in [-0.15, -0.1) is 0 Å². The third kappa shape index (κ3) is 2.79. The van der Waals surface area contributed by atoms with E-state index in [0.29, 0.717) is 11.8 Å². The average molecular weight is 279 g/mol. The lowest BCUT2D eigenvalue weighted by molar-refractivity contribution is 0.468. The number of hydrogen-bond donors (Lipinski definition) is 1. The summed E-state index contributed by atoms with van der Waals surface area (Å²) in [6.45, 7) is 4.11. The van der Waals surface area contributed by atoms with Gasteiger partial charge in [0.25, 0.3) is 0 Å². The topological polar surface area (TPSA) is 47.0 Å². The van der Waals surface area contributed by atoms with Crippen LogP contribution in [0.2, 0.25) is 0 Å². The van der Waals surface area contributed by atoms with Crippen molar-refractivity contribution in [2.45, 2.75) is 13.8 Å². The molecule has 0 aliphatic heterocycles. The van der Waals surface area contributed by atoms with Gasteiger partial charge in [0.05, 0.1) is 10.9 Å². The molecule has 0 saturated heterocycles. The predicted molar refractivity (Wildman–Crippen MR) is 85.1 cm³/mol. The molecule has 0 bridgehead atoms. The molecule has 1 aromatic heterocycles. The lowest BCUT2D eigenvalue weighted by Gasteiger charge is -2.10. The van der Waals surface area contributed by atoms with E-state index in [-0.39, 0.29) is 0 Å². The second-order valence-corrected chi connectivity index (χ2v) is 5.04. The zero-order valence-corrected chi connectivity index (χ0v) is 12.3. The van der Waals surface area contributed by atoms with Gasteiger partial charge in [0, 0.05) is 7.05 Å². The summed E-state index contributed by atoms with van der Waals surface area (Å²) in [7, 11) is 1.80. The van der Waals surface area contributed by atoms with E-state index in [1.807, 2.05) is 36.4 Å². The highest BCUT2D eigenvalue weighted by molar-refractivity contribution is 5.84. The fourth-order valence-electron chi connectivity index (χ4n) is 2.34. The molecular weight excluding hydrogens is 262 g/mol. The van der Waals surface area contributed by atoms with Crippen LogP contribution in [-0.4, -0.2) is 17.0 Å². The summed E-state index contributed by atoms with van der Waals surface area (Å²) in [6.07, 6.45) is 0. The van der Waals surface area contributed by atoms with E-state index in [2.05, 4.69) is 35.2 Å². The maximum Gasteiger partial charge on any atom is 0.231 e. The lowest BCUT2D eigenvalue weighted by Crippen LogP contribution is -1.99. The van der Waals surface area contributed by atoms with E-state index >= 15 is 0 Å². The maximum absolute atomic E-state index is 6.00. The summed E-state index contributed by atoms with van der Waals surface area (Å²) < 4.78 is 6.00. The first kappa shape index (κ1) is 13.4. The first-order chi connectivity index (χ1) is 10.2. The quantitative estimate of drug-likeness (QED) is 0.784. The summed E-state index contributed by atoms with van der Waals surface area (Å²) in [6, 6.07) is 13.9. The Balaban J connectivity index is 2.10. The maximum atomic E-state index is 6.00. The number of nitrogens with zero attached hydrogens (tertiary/aromatic N) is 2. The number of hydrogen-bond acceptors (Lipinski definition) is 4. The van der Waals surface area contributed by atoms with E-state index in [4.69, 9.17) is 4.74 Å². The third-order valence-electron chi connectivity index (χ3n) is 3.20. The molecule has 0 spiro atoms. The number of aryl methyl sites for hydroxylation is 2. The summed E-state index contributed by atoms with van der Waals surface area (Å²) in [4.78, 5) is 8.86. The van der Waals surface area contributed by atoms with Gasteiger partial charge in [-0.1, -0.05) is 18.2 Å². The monoisotopic (exact) mass is 279 g/mol. The number of aromatic nitrogens is 2. The van der Waals surface area contributed by atoms with Crippen molar-refractivity contribution in [1.29, 1.82) is 0 Å². The van der Waals surface area contributed by atoms with Crippen molar-refractivity contribution in [2.75, 3.05) is 12.4 Å². The number of anilines is 1. The fourth-order valence-corrected chi connectivity index (χ4v) is 2.34. The second kappa shape index (κ2) is 5.40. The van der Waals surface area contributed by atoms with Gasteiger partial charge in [0.1, 0.15) is 5.75 Å². The number of nitrogens with one attached hydrogen (secondary N) is 1. The van der Waals surface area contributed by atoms with Gasteiger partial charge in [-0.2, -0.15) is 4.98 Å². The molecule has 0 saturated carbocycles. The highest BCUT2D eigenvalue weighted by Crippen LogP contribution is 2.29. The van der Waals surface area contributed by atoms with Gasteiger partial charge < -0.3 is 10.1 Å². The van der Waals surface area contributed by atoms with E-state index in [1.165, 1.54) is 0 Å². The molecule has 106 valence electrons. The summed E-state index contributed by atoms with van der Waals surface area (Å²) in [5, 5.41) is 3.86. The first-order valence-electron chi connectivity index (χ1n) is 6.86. The molecule has 0 atom stereocenters. The van der Waals surface area contributed by atoms with Gasteiger partial charge >= 0.3 is 0 Å². The highest BCUT2D eigenvalue weighted by atomic mass is 16.5. The van der Waals surface area contributed by atoms with Crippen molar-refractivity contribution in [2.24, 2.45) is 0 Å². The van der Waals surface area contributed by atoms with Crippen LogP contribution in [0.5, 0.6) is 11.6 Å². The van der Waals surface area contributed by atoms with Crippen LogP contribution in [0.4, 0.5) is 5.95 Å². The van der Waals surface area contributed by atoms with Crippen LogP contribution in [0.1, 0.15) is 11.1 Å². The summed E-state index contributed by atoms with van der Waals surface area (Å²) in [5.74, 6) is 1.90. The minimum Gasteiger partial charge on any atom is -0.438 e. The van der Waals surface area contributed by atoms with E-state index in [1.54, 1.807) is 7.05 Å². The Morgan fingerprint density at radius 2 is 1.67 bits per heavy atom. The Hall–Kier alpha value is -2.62. The van der Waals surface area contributed by atoms with Crippen LogP contribution in [0, 0.1) is 13.8 Å². The average Bonchev–Trinajstić information content (AvgIpc) is 2.46. The summed E-state index contributed by atoms with van der Waals surface area (Å²) >= 11 is 0. The van der Waals surface area contributed by atoms with Crippen molar-refractivity contribution < 1.29 is 4.74 Å². The van der Waals surface area contributed by atoms with Crippen LogP contribution in [0.25, 0.3) is 10.9 Å². The highest BCUT2D eigenvalue weighted by Gasteiger charge is 2.09. The Labute approximate surface area is 123 Å². The van der Waals surface area contributed by atoms with Gasteiger partial charge in [-0.05, 0) is 49.2 Å². The normalized spacial score (nSPS) is 10.6. The third-order valence-corrected chi connectivity index (χ3v) is 3.20. The largest absolute Gasteiger partial charge is 0.438 e. The number of rotatable bonds is 3. The van der Waals surface area contributed by atoms with Crippen molar-refractivity contribution in [3.05, 3.63) is 53.6 Å². The lowest BCUT2D eigenvalue weighted by atomic mass is 10.1. The van der Waals surface area contributed by atoms with Crippen molar-refractivity contribution in [1.82, 2.24) is 9.97 Å². The van der Waals surface area contributed by atoms with Gasteiger partial charge in [-0.3, -0.25) is 0 Å². The van der Waals surface area contributed by atoms with Crippen molar-refractivity contribution >= 4 is 16.9 Å². The van der Waals surface area contributed by atoms with Gasteiger partial charge in [-0.25, -0.2) is 4.98 Å². The number of para-hydroxylation sites is 1. The standard InChI is InChI=1S/C17H17N3O/c1-11-8-12(2)10-13(9-11)21-16-14-6-4-5-7-15(14)19-17(18-3)20-16/h4-10H,1-3H3,(H,18,19,20). The molecule has 0 amide bonds. The minimum absolute atomic E-state index is 0.549. The van der Waals surface area contributed by atoms with Crippen molar-refractivity contribution in [3.63, 3.8) is 0 Å².